The summed E-state index contributed by atoms with van der Waals surface area (Å²) in [5, 5.41) is 10.5. The molecule has 122 valence electrons. The molecule has 1 N–H and O–H groups in total. The Balaban J connectivity index is 2.00. The van der Waals surface area contributed by atoms with Gasteiger partial charge in [0.05, 0.1) is 6.10 Å². The summed E-state index contributed by atoms with van der Waals surface area (Å²) in [6.45, 7) is 6.59. The number of hydrogen-bond acceptors (Lipinski definition) is 3. The van der Waals surface area contributed by atoms with E-state index in [2.05, 4.69) is 0 Å². The van der Waals surface area contributed by atoms with Gasteiger partial charge in [0.15, 0.2) is 0 Å². The second-order valence-electron chi connectivity index (χ2n) is 6.83. The summed E-state index contributed by atoms with van der Waals surface area (Å²) < 4.78 is 18.3. The monoisotopic (exact) mass is 309 g/mol. The molecule has 22 heavy (non-hydrogen) atoms. The van der Waals surface area contributed by atoms with Crippen LogP contribution in [0.1, 0.15) is 45.3 Å². The molecular weight excluding hydrogens is 285 g/mol. The van der Waals surface area contributed by atoms with Crippen molar-refractivity contribution < 1.29 is 19.0 Å². The molecule has 0 spiro atoms. The summed E-state index contributed by atoms with van der Waals surface area (Å²) in [7, 11) is 0. The standard InChI is InChI=1S/C17H24FNO3/c1-17(2,3)22-16(21)19-10-4-5-13(11-19)15(20)12-6-8-14(18)9-7-12/h6-9,13,15,20H,4-5,10-11H2,1-3H3/t13-,15+/m0/s1. The van der Waals surface area contributed by atoms with E-state index in [1.807, 2.05) is 20.8 Å². The number of halogens is 1. The van der Waals surface area contributed by atoms with Crippen molar-refractivity contribution in [2.24, 2.45) is 5.92 Å². The van der Waals surface area contributed by atoms with Crippen LogP contribution < -0.4 is 0 Å². The smallest absolute Gasteiger partial charge is 0.410 e. The van der Waals surface area contributed by atoms with Crippen LogP contribution in [0.5, 0.6) is 0 Å². The van der Waals surface area contributed by atoms with E-state index in [4.69, 9.17) is 4.74 Å². The van der Waals surface area contributed by atoms with Crippen LogP contribution in [-0.4, -0.2) is 34.8 Å². The first-order valence-electron chi connectivity index (χ1n) is 7.68. The molecule has 1 amide bonds. The highest BCUT2D eigenvalue weighted by molar-refractivity contribution is 5.68. The lowest BCUT2D eigenvalue weighted by Crippen LogP contribution is -2.44. The van der Waals surface area contributed by atoms with Gasteiger partial charge in [-0.05, 0) is 51.3 Å². The Morgan fingerprint density at radius 1 is 1.36 bits per heavy atom. The van der Waals surface area contributed by atoms with Crippen molar-refractivity contribution in [2.45, 2.75) is 45.3 Å². The van der Waals surface area contributed by atoms with E-state index >= 15 is 0 Å². The number of aliphatic hydroxyl groups is 1. The first-order valence-corrected chi connectivity index (χ1v) is 7.68. The van der Waals surface area contributed by atoms with E-state index in [-0.39, 0.29) is 17.8 Å². The van der Waals surface area contributed by atoms with Crippen molar-refractivity contribution in [3.63, 3.8) is 0 Å². The summed E-state index contributed by atoms with van der Waals surface area (Å²) in [5.41, 5.74) is 0.150. The Morgan fingerprint density at radius 2 is 2.00 bits per heavy atom. The molecule has 1 aromatic rings. The Morgan fingerprint density at radius 3 is 2.59 bits per heavy atom. The van der Waals surface area contributed by atoms with Crippen LogP contribution in [0.3, 0.4) is 0 Å². The topological polar surface area (TPSA) is 49.8 Å². The molecule has 0 unspecified atom stereocenters. The fourth-order valence-electron chi connectivity index (χ4n) is 2.69. The first-order chi connectivity index (χ1) is 10.3. The summed E-state index contributed by atoms with van der Waals surface area (Å²) in [5.74, 6) is -0.387. The number of amides is 1. The number of benzene rings is 1. The lowest BCUT2D eigenvalue weighted by Gasteiger charge is -2.36. The molecule has 4 nitrogen and oxygen atoms in total. The molecule has 5 heteroatoms. The summed E-state index contributed by atoms with van der Waals surface area (Å²) in [6, 6.07) is 5.86. The lowest BCUT2D eigenvalue weighted by atomic mass is 9.89. The van der Waals surface area contributed by atoms with Crippen molar-refractivity contribution in [1.29, 1.82) is 0 Å². The number of carbonyl (C=O) groups is 1. The first kappa shape index (κ1) is 16.7. The molecule has 0 bridgehead atoms. The van der Waals surface area contributed by atoms with Crippen LogP contribution in [0.2, 0.25) is 0 Å². The van der Waals surface area contributed by atoms with Crippen molar-refractivity contribution in [3.8, 4) is 0 Å². The van der Waals surface area contributed by atoms with Crippen LogP contribution in [-0.2, 0) is 4.74 Å². The number of carbonyl (C=O) groups excluding carboxylic acids is 1. The fourth-order valence-corrected chi connectivity index (χ4v) is 2.69. The Labute approximate surface area is 130 Å². The molecule has 0 radical (unpaired) electrons. The zero-order valence-electron chi connectivity index (χ0n) is 13.4. The number of likely N-dealkylation sites (tertiary alicyclic amines) is 1. The number of ether oxygens (including phenoxy) is 1. The van der Waals surface area contributed by atoms with Gasteiger partial charge in [-0.15, -0.1) is 0 Å². The van der Waals surface area contributed by atoms with Crippen molar-refractivity contribution in [1.82, 2.24) is 4.90 Å². The van der Waals surface area contributed by atoms with Crippen LogP contribution in [0.4, 0.5) is 9.18 Å². The molecule has 1 aliphatic heterocycles. The van der Waals surface area contributed by atoms with Crippen LogP contribution in [0.25, 0.3) is 0 Å². The van der Waals surface area contributed by atoms with Gasteiger partial charge in [-0.1, -0.05) is 12.1 Å². The molecular formula is C17H24FNO3. The van der Waals surface area contributed by atoms with E-state index in [1.54, 1.807) is 17.0 Å². The molecule has 0 saturated carbocycles. The second kappa shape index (κ2) is 6.65. The number of piperidine rings is 1. The van der Waals surface area contributed by atoms with Gasteiger partial charge in [0.1, 0.15) is 11.4 Å². The zero-order valence-corrected chi connectivity index (χ0v) is 13.4. The molecule has 0 aromatic heterocycles. The highest BCUT2D eigenvalue weighted by Gasteiger charge is 2.31. The number of rotatable bonds is 2. The maximum Gasteiger partial charge on any atom is 0.410 e. The highest BCUT2D eigenvalue weighted by atomic mass is 19.1. The maximum absolute atomic E-state index is 13.0. The van der Waals surface area contributed by atoms with Gasteiger partial charge in [0.25, 0.3) is 0 Å². The van der Waals surface area contributed by atoms with Gasteiger partial charge in [0.2, 0.25) is 0 Å². The molecule has 0 aliphatic carbocycles. The predicted octanol–water partition coefficient (Wildman–Crippen LogP) is 3.51. The molecule has 1 heterocycles. The molecule has 1 aromatic carbocycles. The summed E-state index contributed by atoms with van der Waals surface area (Å²) in [4.78, 5) is 13.8. The average molecular weight is 309 g/mol. The quantitative estimate of drug-likeness (QED) is 0.909. The van der Waals surface area contributed by atoms with E-state index in [0.717, 1.165) is 12.8 Å². The number of aliphatic hydroxyl groups excluding tert-OH is 1. The molecule has 1 aliphatic rings. The van der Waals surface area contributed by atoms with Crippen molar-refractivity contribution >= 4 is 6.09 Å². The maximum atomic E-state index is 13.0. The van der Waals surface area contributed by atoms with Gasteiger partial charge >= 0.3 is 6.09 Å². The third-order valence-electron chi connectivity index (χ3n) is 3.77. The molecule has 1 saturated heterocycles. The molecule has 2 atom stereocenters. The zero-order chi connectivity index (χ0) is 16.3. The Hall–Kier alpha value is -1.62. The number of nitrogens with zero attached hydrogens (tertiary/aromatic N) is 1. The Kier molecular flexibility index (Phi) is 5.06. The third kappa shape index (κ3) is 4.44. The number of hydrogen-bond donors (Lipinski definition) is 1. The average Bonchev–Trinajstić information content (AvgIpc) is 2.46. The van der Waals surface area contributed by atoms with Crippen LogP contribution in [0.15, 0.2) is 24.3 Å². The van der Waals surface area contributed by atoms with Gasteiger partial charge in [-0.25, -0.2) is 9.18 Å². The SMILES string of the molecule is CC(C)(C)OC(=O)N1CCC[C@H]([C@H](O)c2ccc(F)cc2)C1. The predicted molar refractivity (Wildman–Crippen MR) is 81.9 cm³/mol. The summed E-state index contributed by atoms with van der Waals surface area (Å²) >= 11 is 0. The molecule has 2 rings (SSSR count). The van der Waals surface area contributed by atoms with Crippen molar-refractivity contribution in [3.05, 3.63) is 35.6 Å². The highest BCUT2D eigenvalue weighted by Crippen LogP contribution is 2.30. The lowest BCUT2D eigenvalue weighted by molar-refractivity contribution is 0.00238. The minimum absolute atomic E-state index is 0.0632. The van der Waals surface area contributed by atoms with E-state index in [1.165, 1.54) is 12.1 Å². The fraction of sp³-hybridized carbons (Fsp3) is 0.588. The third-order valence-corrected chi connectivity index (χ3v) is 3.77. The van der Waals surface area contributed by atoms with Gasteiger partial charge in [-0.3, -0.25) is 0 Å². The second-order valence-corrected chi connectivity index (χ2v) is 6.83. The van der Waals surface area contributed by atoms with E-state index in [0.29, 0.717) is 18.7 Å². The van der Waals surface area contributed by atoms with E-state index in [9.17, 15) is 14.3 Å². The van der Waals surface area contributed by atoms with Gasteiger partial charge in [0, 0.05) is 19.0 Å². The Bertz CT molecular complexity index is 510. The van der Waals surface area contributed by atoms with Crippen LogP contribution in [0, 0.1) is 11.7 Å². The van der Waals surface area contributed by atoms with Gasteiger partial charge < -0.3 is 14.7 Å². The van der Waals surface area contributed by atoms with E-state index < -0.39 is 11.7 Å². The van der Waals surface area contributed by atoms with Crippen LogP contribution >= 0.6 is 0 Å². The summed E-state index contributed by atoms with van der Waals surface area (Å²) in [6.07, 6.45) is 0.606. The normalized spacial score (nSPS) is 20.6. The minimum atomic E-state index is -0.703. The minimum Gasteiger partial charge on any atom is -0.444 e. The van der Waals surface area contributed by atoms with Crippen molar-refractivity contribution in [2.75, 3.05) is 13.1 Å². The van der Waals surface area contributed by atoms with Gasteiger partial charge in [-0.2, -0.15) is 0 Å². The molecule has 1 fully saturated rings. The largest absolute Gasteiger partial charge is 0.444 e.